The van der Waals surface area contributed by atoms with Gasteiger partial charge >= 0.3 is 5.97 Å². The Morgan fingerprint density at radius 2 is 1.24 bits per heavy atom. The highest BCUT2D eigenvalue weighted by Gasteiger charge is 2.08. The van der Waals surface area contributed by atoms with E-state index in [2.05, 4.69) is 57.2 Å². The van der Waals surface area contributed by atoms with Crippen LogP contribution in [0.1, 0.15) is 71.7 Å². The molecule has 0 aromatic carbocycles. The second-order valence-corrected chi connectivity index (χ2v) is 9.29. The van der Waals surface area contributed by atoms with Crippen LogP contribution in [0.4, 0.5) is 0 Å². The Bertz CT molecular complexity index is 1560. The molecule has 0 aliphatic carbocycles. The van der Waals surface area contributed by atoms with Gasteiger partial charge in [0.05, 0.1) is 22.8 Å². The standard InChI is InChI=1S/C20H14N4.C11H16O3/c1-2-14-10-16-5-6-18(23-16)12-20-8-7-19(24-20)11-17-4-3-15(22-17)9-13(1)21-14;1-2-3-4-5-6-9-7-8-10(14-9)11(12)13/h1-12,21-22H;7-8H,2-6H2,1H3,(H,12,13). The molecule has 4 aromatic rings. The second-order valence-electron chi connectivity index (χ2n) is 9.29. The van der Waals surface area contributed by atoms with Crippen LogP contribution in [0, 0.1) is 0 Å². The molecule has 3 N–H and O–H groups in total. The van der Waals surface area contributed by atoms with Crippen molar-refractivity contribution in [3.05, 3.63) is 95.0 Å². The lowest BCUT2D eigenvalue weighted by Crippen LogP contribution is -1.92. The van der Waals surface area contributed by atoms with Gasteiger partial charge in [0.15, 0.2) is 0 Å². The highest BCUT2D eigenvalue weighted by molar-refractivity contribution is 5.84. The third-order valence-corrected chi connectivity index (χ3v) is 6.19. The quantitative estimate of drug-likeness (QED) is 0.200. The average Bonchev–Trinajstić information content (AvgIpc) is 3.72. The highest BCUT2D eigenvalue weighted by atomic mass is 16.4. The predicted octanol–water partition coefficient (Wildman–Crippen LogP) is 7.76. The van der Waals surface area contributed by atoms with E-state index in [0.29, 0.717) is 0 Å². The van der Waals surface area contributed by atoms with Gasteiger partial charge in [0, 0.05) is 28.5 Å². The molecule has 6 heterocycles. The van der Waals surface area contributed by atoms with Crippen molar-refractivity contribution in [1.29, 1.82) is 0 Å². The molecule has 0 radical (unpaired) electrons. The minimum atomic E-state index is -0.996. The third kappa shape index (κ3) is 6.56. The van der Waals surface area contributed by atoms with Crippen LogP contribution in [-0.2, 0) is 6.42 Å². The number of carbonyl (C=O) groups is 1. The number of aromatic amines is 2. The van der Waals surface area contributed by atoms with Gasteiger partial charge in [-0.3, -0.25) is 0 Å². The number of hydrogen-bond donors (Lipinski definition) is 3. The van der Waals surface area contributed by atoms with E-state index in [4.69, 9.17) is 9.52 Å². The fourth-order valence-electron chi connectivity index (χ4n) is 4.30. The van der Waals surface area contributed by atoms with Crippen LogP contribution in [0.25, 0.3) is 46.4 Å². The molecule has 8 bridgehead atoms. The molecule has 38 heavy (non-hydrogen) atoms. The van der Waals surface area contributed by atoms with Gasteiger partial charge in [-0.15, -0.1) is 0 Å². The first kappa shape index (κ1) is 25.0. The zero-order valence-corrected chi connectivity index (χ0v) is 21.3. The molecule has 0 fully saturated rings. The molecule has 6 rings (SSSR count). The van der Waals surface area contributed by atoms with E-state index in [1.54, 1.807) is 6.07 Å². The summed E-state index contributed by atoms with van der Waals surface area (Å²) in [6, 6.07) is 19.7. The summed E-state index contributed by atoms with van der Waals surface area (Å²) in [6.45, 7) is 2.16. The first-order valence-corrected chi connectivity index (χ1v) is 12.9. The van der Waals surface area contributed by atoms with Gasteiger partial charge in [0.2, 0.25) is 5.76 Å². The minimum Gasteiger partial charge on any atom is -0.475 e. The maximum atomic E-state index is 10.5. The number of nitrogens with zero attached hydrogens (tertiary/aromatic N) is 2. The summed E-state index contributed by atoms with van der Waals surface area (Å²) < 4.78 is 5.13. The number of carboxylic acid groups (broad SMARTS) is 1. The monoisotopic (exact) mass is 506 g/mol. The number of aromatic nitrogens is 4. The predicted molar refractivity (Wildman–Crippen MR) is 152 cm³/mol. The number of carboxylic acids is 1. The summed E-state index contributed by atoms with van der Waals surface area (Å²) in [5.74, 6) is -0.182. The number of H-pyrrole nitrogens is 2. The molecular weight excluding hydrogens is 476 g/mol. The molecular formula is C31H30N4O3. The van der Waals surface area contributed by atoms with Gasteiger partial charge in [0.1, 0.15) is 5.76 Å². The summed E-state index contributed by atoms with van der Waals surface area (Å²) in [7, 11) is 0. The maximum Gasteiger partial charge on any atom is 0.371 e. The molecule has 2 aliphatic heterocycles. The number of fused-ring (bicyclic) bond motifs is 8. The number of unbranched alkanes of at least 4 members (excludes halogenated alkanes) is 3. The summed E-state index contributed by atoms with van der Waals surface area (Å²) in [5, 5.41) is 8.61. The van der Waals surface area contributed by atoms with Crippen molar-refractivity contribution >= 4 is 52.3 Å². The van der Waals surface area contributed by atoms with Gasteiger partial charge in [-0.25, -0.2) is 14.8 Å². The first-order chi connectivity index (χ1) is 18.5. The third-order valence-electron chi connectivity index (χ3n) is 6.19. The smallest absolute Gasteiger partial charge is 0.371 e. The average molecular weight is 507 g/mol. The van der Waals surface area contributed by atoms with E-state index < -0.39 is 5.97 Å². The Labute approximate surface area is 220 Å². The molecule has 192 valence electrons. The SMILES string of the molecule is C1=Cc2cc3ccc(cc4ccc(cc5nc(cc1n2)C=C5)[nH]4)[nH]3.CCCCCCc1ccc(C(=O)O)o1. The molecule has 7 heteroatoms. The Morgan fingerprint density at radius 3 is 1.74 bits per heavy atom. The van der Waals surface area contributed by atoms with Crippen LogP contribution in [0.2, 0.25) is 0 Å². The second kappa shape index (κ2) is 11.6. The van der Waals surface area contributed by atoms with Gasteiger partial charge < -0.3 is 19.5 Å². The zero-order chi connectivity index (χ0) is 26.3. The van der Waals surface area contributed by atoms with Gasteiger partial charge in [-0.05, 0) is 91.4 Å². The summed E-state index contributed by atoms with van der Waals surface area (Å²) in [4.78, 5) is 26.5. The summed E-state index contributed by atoms with van der Waals surface area (Å²) >= 11 is 0. The van der Waals surface area contributed by atoms with Crippen LogP contribution in [0.3, 0.4) is 0 Å². The molecule has 0 unspecified atom stereocenters. The van der Waals surface area contributed by atoms with Gasteiger partial charge in [-0.2, -0.15) is 0 Å². The van der Waals surface area contributed by atoms with Crippen molar-refractivity contribution in [3.63, 3.8) is 0 Å². The lowest BCUT2D eigenvalue weighted by molar-refractivity contribution is 0.0660. The number of rotatable bonds is 6. The Morgan fingerprint density at radius 1 is 0.711 bits per heavy atom. The molecule has 0 spiro atoms. The van der Waals surface area contributed by atoms with Crippen LogP contribution in [0.15, 0.2) is 65.1 Å². The van der Waals surface area contributed by atoms with Crippen molar-refractivity contribution in [3.8, 4) is 0 Å². The van der Waals surface area contributed by atoms with E-state index in [1.807, 2.05) is 42.5 Å². The van der Waals surface area contributed by atoms with Crippen LogP contribution in [-0.4, -0.2) is 31.0 Å². The van der Waals surface area contributed by atoms with E-state index in [9.17, 15) is 4.79 Å². The van der Waals surface area contributed by atoms with Crippen LogP contribution in [0.5, 0.6) is 0 Å². The Hall–Kier alpha value is -4.65. The highest BCUT2D eigenvalue weighted by Crippen LogP contribution is 2.17. The molecule has 0 saturated carbocycles. The lowest BCUT2D eigenvalue weighted by atomic mass is 10.1. The Kier molecular flexibility index (Phi) is 7.64. The number of nitrogens with one attached hydrogen (secondary N) is 2. The lowest BCUT2D eigenvalue weighted by Gasteiger charge is -1.96. The van der Waals surface area contributed by atoms with Crippen LogP contribution >= 0.6 is 0 Å². The van der Waals surface area contributed by atoms with Crippen molar-refractivity contribution in [2.24, 2.45) is 0 Å². The Balaban J connectivity index is 0.000000181. The molecule has 0 atom stereocenters. The molecule has 4 aromatic heterocycles. The van der Waals surface area contributed by atoms with E-state index in [1.165, 1.54) is 25.3 Å². The normalized spacial score (nSPS) is 11.8. The number of aromatic carboxylic acids is 1. The largest absolute Gasteiger partial charge is 0.475 e. The molecule has 0 amide bonds. The van der Waals surface area contributed by atoms with Crippen molar-refractivity contribution < 1.29 is 14.3 Å². The number of hydrogen-bond acceptors (Lipinski definition) is 4. The fourth-order valence-corrected chi connectivity index (χ4v) is 4.30. The molecule has 2 aliphatic rings. The minimum absolute atomic E-state index is 0.0375. The van der Waals surface area contributed by atoms with E-state index in [-0.39, 0.29) is 5.76 Å². The number of aryl methyl sites for hydroxylation is 1. The summed E-state index contributed by atoms with van der Waals surface area (Å²) in [5.41, 5.74) is 7.86. The molecule has 7 nitrogen and oxygen atoms in total. The molecule has 0 saturated heterocycles. The van der Waals surface area contributed by atoms with Crippen molar-refractivity contribution in [2.45, 2.75) is 39.0 Å². The summed E-state index contributed by atoms with van der Waals surface area (Å²) in [6.07, 6.45) is 13.6. The first-order valence-electron chi connectivity index (χ1n) is 12.9. The van der Waals surface area contributed by atoms with Crippen molar-refractivity contribution in [2.75, 3.05) is 0 Å². The van der Waals surface area contributed by atoms with Crippen LogP contribution < -0.4 is 0 Å². The fraction of sp³-hybridized carbons (Fsp3) is 0.194. The maximum absolute atomic E-state index is 10.5. The van der Waals surface area contributed by atoms with Crippen molar-refractivity contribution in [1.82, 2.24) is 19.9 Å². The zero-order valence-electron chi connectivity index (χ0n) is 21.3. The van der Waals surface area contributed by atoms with Gasteiger partial charge in [-0.1, -0.05) is 26.2 Å². The van der Waals surface area contributed by atoms with E-state index in [0.717, 1.165) is 63.4 Å². The topological polar surface area (TPSA) is 108 Å². The van der Waals surface area contributed by atoms with E-state index >= 15 is 0 Å². The van der Waals surface area contributed by atoms with Gasteiger partial charge in [0.25, 0.3) is 0 Å². The number of furan rings is 1.